The maximum Gasteiger partial charge on any atom is 0.510 e. The Balaban J connectivity index is 1.75. The minimum Gasteiger partial charge on any atom is -0.429 e. The molecule has 0 spiro atoms. The molecule has 0 aliphatic carbocycles. The quantitative estimate of drug-likeness (QED) is 0.836. The fraction of sp³-hybridized carbons (Fsp3) is 0.462. The van der Waals surface area contributed by atoms with Crippen LogP contribution in [0.3, 0.4) is 0 Å². The van der Waals surface area contributed by atoms with Gasteiger partial charge < -0.3 is 14.7 Å². The summed E-state index contributed by atoms with van der Waals surface area (Å²) in [4.78, 5) is 11.4. The fourth-order valence-electron chi connectivity index (χ4n) is 1.87. The van der Waals surface area contributed by atoms with E-state index in [4.69, 9.17) is 9.47 Å². The smallest absolute Gasteiger partial charge is 0.429 e. The van der Waals surface area contributed by atoms with Crippen molar-refractivity contribution >= 4 is 6.16 Å². The Kier molecular flexibility index (Phi) is 4.55. The third-order valence-electron chi connectivity index (χ3n) is 2.85. The Morgan fingerprint density at radius 3 is 2.83 bits per heavy atom. The minimum absolute atomic E-state index is 0.178. The summed E-state index contributed by atoms with van der Waals surface area (Å²) in [7, 11) is 0. The molecule has 1 unspecified atom stereocenters. The van der Waals surface area contributed by atoms with Crippen LogP contribution in [0.5, 0.6) is 0 Å². The van der Waals surface area contributed by atoms with Crippen molar-refractivity contribution in [2.75, 3.05) is 6.54 Å². The number of nitrogens with zero attached hydrogens (tertiary/aromatic N) is 1. The van der Waals surface area contributed by atoms with Crippen LogP contribution in [-0.2, 0) is 16.1 Å². The van der Waals surface area contributed by atoms with E-state index in [-0.39, 0.29) is 6.61 Å². The SMILES string of the molecule is O=C(OCc1ccccc1)OC1CCCCN1O. The molecule has 1 aliphatic rings. The molecule has 0 aromatic heterocycles. The van der Waals surface area contributed by atoms with E-state index in [9.17, 15) is 10.0 Å². The zero-order valence-electron chi connectivity index (χ0n) is 10.1. The number of hydrogen-bond acceptors (Lipinski definition) is 5. The zero-order chi connectivity index (χ0) is 12.8. The number of rotatable bonds is 3. The monoisotopic (exact) mass is 251 g/mol. The molecule has 5 heteroatoms. The second-order valence-electron chi connectivity index (χ2n) is 4.26. The number of ether oxygens (including phenoxy) is 2. The lowest BCUT2D eigenvalue weighted by atomic mass is 10.1. The molecule has 0 saturated carbocycles. The summed E-state index contributed by atoms with van der Waals surface area (Å²) >= 11 is 0. The Morgan fingerprint density at radius 1 is 1.33 bits per heavy atom. The Morgan fingerprint density at radius 2 is 2.11 bits per heavy atom. The molecule has 1 atom stereocenters. The second-order valence-corrected chi connectivity index (χ2v) is 4.26. The van der Waals surface area contributed by atoms with E-state index in [1.165, 1.54) is 0 Å². The third-order valence-corrected chi connectivity index (χ3v) is 2.85. The highest BCUT2D eigenvalue weighted by Gasteiger charge is 2.24. The van der Waals surface area contributed by atoms with Crippen molar-refractivity contribution in [1.82, 2.24) is 5.06 Å². The molecule has 1 N–H and O–H groups in total. The summed E-state index contributed by atoms with van der Waals surface area (Å²) < 4.78 is 10.0. The molecular formula is C13H17NO4. The minimum atomic E-state index is -0.746. The van der Waals surface area contributed by atoms with Crippen molar-refractivity contribution < 1.29 is 19.5 Å². The molecule has 2 rings (SSSR count). The van der Waals surface area contributed by atoms with E-state index < -0.39 is 12.4 Å². The van der Waals surface area contributed by atoms with E-state index in [1.807, 2.05) is 30.3 Å². The van der Waals surface area contributed by atoms with Gasteiger partial charge in [-0.15, -0.1) is 0 Å². The summed E-state index contributed by atoms with van der Waals surface area (Å²) in [6.07, 6.45) is 1.16. The van der Waals surface area contributed by atoms with E-state index in [2.05, 4.69) is 0 Å². The molecule has 1 aliphatic heterocycles. The van der Waals surface area contributed by atoms with E-state index in [0.717, 1.165) is 23.5 Å². The molecule has 0 bridgehead atoms. The van der Waals surface area contributed by atoms with Crippen molar-refractivity contribution in [3.8, 4) is 0 Å². The number of benzene rings is 1. The van der Waals surface area contributed by atoms with Crippen LogP contribution in [-0.4, -0.2) is 29.2 Å². The van der Waals surface area contributed by atoms with E-state index >= 15 is 0 Å². The lowest BCUT2D eigenvalue weighted by Crippen LogP contribution is -2.40. The van der Waals surface area contributed by atoms with Crippen LogP contribution >= 0.6 is 0 Å². The van der Waals surface area contributed by atoms with Gasteiger partial charge in [0.2, 0.25) is 0 Å². The first-order valence-electron chi connectivity index (χ1n) is 6.08. The molecule has 5 nitrogen and oxygen atoms in total. The number of piperidine rings is 1. The first-order chi connectivity index (χ1) is 8.75. The number of carbonyl (C=O) groups is 1. The highest BCUT2D eigenvalue weighted by molar-refractivity contribution is 5.60. The van der Waals surface area contributed by atoms with Gasteiger partial charge in [-0.3, -0.25) is 0 Å². The van der Waals surface area contributed by atoms with Gasteiger partial charge in [0.05, 0.1) is 0 Å². The molecule has 18 heavy (non-hydrogen) atoms. The molecule has 1 heterocycles. The summed E-state index contributed by atoms with van der Waals surface area (Å²) in [5.41, 5.74) is 0.902. The average molecular weight is 251 g/mol. The zero-order valence-corrected chi connectivity index (χ0v) is 10.1. The van der Waals surface area contributed by atoms with Crippen LogP contribution in [0.25, 0.3) is 0 Å². The second kappa shape index (κ2) is 6.37. The first kappa shape index (κ1) is 12.9. The molecule has 0 radical (unpaired) electrons. The summed E-state index contributed by atoms with van der Waals surface area (Å²) in [6.45, 7) is 0.703. The summed E-state index contributed by atoms with van der Waals surface area (Å²) in [5, 5.41) is 10.6. The molecular weight excluding hydrogens is 234 g/mol. The summed E-state index contributed by atoms with van der Waals surface area (Å²) in [6, 6.07) is 9.38. The molecule has 0 amide bonds. The highest BCUT2D eigenvalue weighted by atomic mass is 16.7. The van der Waals surface area contributed by atoms with Crippen molar-refractivity contribution in [2.45, 2.75) is 32.1 Å². The van der Waals surface area contributed by atoms with Gasteiger partial charge in [-0.2, -0.15) is 5.06 Å². The Hall–Kier alpha value is -1.59. The van der Waals surface area contributed by atoms with Gasteiger partial charge in [-0.1, -0.05) is 30.3 Å². The van der Waals surface area contributed by atoms with Gasteiger partial charge in [-0.05, 0) is 18.4 Å². The van der Waals surface area contributed by atoms with Crippen molar-refractivity contribution in [3.63, 3.8) is 0 Å². The number of hydroxylamine groups is 2. The molecule has 1 aromatic carbocycles. The van der Waals surface area contributed by atoms with Gasteiger partial charge in [0.1, 0.15) is 6.61 Å². The van der Waals surface area contributed by atoms with E-state index in [1.54, 1.807) is 0 Å². The molecule has 98 valence electrons. The topological polar surface area (TPSA) is 59.0 Å². The van der Waals surface area contributed by atoms with Gasteiger partial charge in [0.25, 0.3) is 0 Å². The van der Waals surface area contributed by atoms with Gasteiger partial charge in [0, 0.05) is 13.0 Å². The van der Waals surface area contributed by atoms with Crippen LogP contribution in [0.2, 0.25) is 0 Å². The van der Waals surface area contributed by atoms with Crippen LogP contribution < -0.4 is 0 Å². The van der Waals surface area contributed by atoms with Crippen LogP contribution in [0.15, 0.2) is 30.3 Å². The van der Waals surface area contributed by atoms with E-state index in [0.29, 0.717) is 13.0 Å². The maximum absolute atomic E-state index is 11.4. The van der Waals surface area contributed by atoms with Crippen LogP contribution in [0.4, 0.5) is 4.79 Å². The largest absolute Gasteiger partial charge is 0.510 e. The lowest BCUT2D eigenvalue weighted by Gasteiger charge is -2.29. The lowest BCUT2D eigenvalue weighted by molar-refractivity contribution is -0.216. The standard InChI is InChI=1S/C13H17NO4/c15-13(17-10-11-6-2-1-3-7-11)18-12-8-4-5-9-14(12)16/h1-3,6-7,12,16H,4-5,8-10H2. The van der Waals surface area contributed by atoms with Gasteiger partial charge >= 0.3 is 6.16 Å². The Bertz CT molecular complexity index is 382. The summed E-state index contributed by atoms with van der Waals surface area (Å²) in [5.74, 6) is 0. The predicted octanol–water partition coefficient (Wildman–Crippen LogP) is 2.54. The third kappa shape index (κ3) is 3.72. The maximum atomic E-state index is 11.4. The van der Waals surface area contributed by atoms with Crippen molar-refractivity contribution in [3.05, 3.63) is 35.9 Å². The average Bonchev–Trinajstić information content (AvgIpc) is 2.40. The van der Waals surface area contributed by atoms with Gasteiger partial charge in [-0.25, -0.2) is 4.79 Å². The highest BCUT2D eigenvalue weighted by Crippen LogP contribution is 2.16. The fourth-order valence-corrected chi connectivity index (χ4v) is 1.87. The first-order valence-corrected chi connectivity index (χ1v) is 6.08. The van der Waals surface area contributed by atoms with Gasteiger partial charge in [0.15, 0.2) is 6.23 Å². The Labute approximate surface area is 106 Å². The molecule has 1 fully saturated rings. The van der Waals surface area contributed by atoms with Crippen LogP contribution in [0, 0.1) is 0 Å². The molecule has 1 aromatic rings. The van der Waals surface area contributed by atoms with Crippen molar-refractivity contribution in [2.24, 2.45) is 0 Å². The predicted molar refractivity (Wildman–Crippen MR) is 63.8 cm³/mol. The normalized spacial score (nSPS) is 20.4. The van der Waals surface area contributed by atoms with Crippen molar-refractivity contribution in [1.29, 1.82) is 0 Å². The number of hydrogen-bond donors (Lipinski definition) is 1. The number of carbonyl (C=O) groups excluding carboxylic acids is 1. The molecule has 1 saturated heterocycles. The van der Waals surface area contributed by atoms with Crippen LogP contribution in [0.1, 0.15) is 24.8 Å².